The van der Waals surface area contributed by atoms with Crippen molar-refractivity contribution in [2.45, 2.75) is 0 Å². The molecule has 0 aliphatic heterocycles. The number of sulfonamides is 1. The van der Waals surface area contributed by atoms with Crippen LogP contribution in [0.15, 0.2) is 53.9 Å². The van der Waals surface area contributed by atoms with Gasteiger partial charge in [0.15, 0.2) is 5.13 Å². The molecule has 0 saturated carbocycles. The highest BCUT2D eigenvalue weighted by Gasteiger charge is 2.12. The number of hydrogen-bond acceptors (Lipinski definition) is 7. The molecule has 1 aromatic heterocycles. The lowest BCUT2D eigenvalue weighted by atomic mass is 10.1. The molecule has 0 spiro atoms. The Labute approximate surface area is 161 Å². The van der Waals surface area contributed by atoms with Crippen LogP contribution in [0.2, 0.25) is 0 Å². The van der Waals surface area contributed by atoms with E-state index in [1.165, 1.54) is 34.8 Å². The third-order valence-electron chi connectivity index (χ3n) is 3.90. The Hall–Kier alpha value is -2.91. The number of carbonyl (C=O) groups excluding carboxylic acids is 1. The Kier molecular flexibility index (Phi) is 5.15. The zero-order valence-electron chi connectivity index (χ0n) is 14.5. The van der Waals surface area contributed by atoms with Crippen LogP contribution in [-0.2, 0) is 10.0 Å². The summed E-state index contributed by atoms with van der Waals surface area (Å²) < 4.78 is 24.4. The van der Waals surface area contributed by atoms with Crippen LogP contribution in [-0.4, -0.2) is 32.7 Å². The lowest BCUT2D eigenvalue weighted by Crippen LogP contribution is -2.24. The van der Waals surface area contributed by atoms with Gasteiger partial charge in [-0.3, -0.25) is 4.31 Å². The highest BCUT2D eigenvalue weighted by molar-refractivity contribution is 7.92. The summed E-state index contributed by atoms with van der Waals surface area (Å²) in [5, 5.41) is 16.4. The molecule has 0 aliphatic rings. The fourth-order valence-corrected chi connectivity index (χ4v) is 3.55. The highest BCUT2D eigenvalue weighted by atomic mass is 32.2. The van der Waals surface area contributed by atoms with Crippen molar-refractivity contribution < 1.29 is 18.3 Å². The molecule has 0 amide bonds. The molecule has 2 aromatic carbocycles. The number of nitrogens with zero attached hydrogens (tertiary/aromatic N) is 2. The molecule has 0 bridgehead atoms. The molecule has 0 atom stereocenters. The van der Waals surface area contributed by atoms with E-state index in [9.17, 15) is 18.3 Å². The van der Waals surface area contributed by atoms with Gasteiger partial charge in [0.25, 0.3) is 0 Å². The summed E-state index contributed by atoms with van der Waals surface area (Å²) in [5.74, 6) is -1.22. The fraction of sp³-hybridized carbons (Fsp3) is 0.111. The molecular weight excluding hydrogens is 386 g/mol. The van der Waals surface area contributed by atoms with Crippen LogP contribution in [0.1, 0.15) is 10.4 Å². The topological polar surface area (TPSA) is 102 Å². The van der Waals surface area contributed by atoms with Crippen molar-refractivity contribution >= 4 is 43.8 Å². The first-order valence-electron chi connectivity index (χ1n) is 7.82. The largest absolute Gasteiger partial charge is 0.545 e. The number of carbonyl (C=O) groups is 1. The second kappa shape index (κ2) is 7.37. The van der Waals surface area contributed by atoms with Crippen molar-refractivity contribution in [3.63, 3.8) is 0 Å². The molecule has 9 heteroatoms. The monoisotopic (exact) mass is 402 g/mol. The predicted octanol–water partition coefficient (Wildman–Crippen LogP) is 2.31. The smallest absolute Gasteiger partial charge is 0.231 e. The van der Waals surface area contributed by atoms with E-state index in [4.69, 9.17) is 0 Å². The third kappa shape index (κ3) is 4.44. The zero-order valence-corrected chi connectivity index (χ0v) is 16.2. The van der Waals surface area contributed by atoms with Crippen molar-refractivity contribution in [2.75, 3.05) is 22.9 Å². The van der Waals surface area contributed by atoms with Gasteiger partial charge in [0.05, 0.1) is 23.6 Å². The van der Waals surface area contributed by atoms with Crippen LogP contribution in [0.3, 0.4) is 0 Å². The predicted molar refractivity (Wildman–Crippen MR) is 105 cm³/mol. The van der Waals surface area contributed by atoms with Gasteiger partial charge in [0.2, 0.25) is 10.0 Å². The maximum Gasteiger partial charge on any atom is 0.231 e. The van der Waals surface area contributed by atoms with Crippen molar-refractivity contribution in [1.82, 2.24) is 4.98 Å². The number of benzene rings is 2. The number of aromatic nitrogens is 1. The number of carboxylic acids is 1. The number of aromatic carboxylic acids is 1. The number of hydrogen-bond donors (Lipinski definition) is 1. The van der Waals surface area contributed by atoms with Gasteiger partial charge in [0.1, 0.15) is 0 Å². The van der Waals surface area contributed by atoms with Gasteiger partial charge >= 0.3 is 0 Å². The van der Waals surface area contributed by atoms with E-state index in [0.717, 1.165) is 17.5 Å². The molecule has 1 heterocycles. The summed E-state index contributed by atoms with van der Waals surface area (Å²) >= 11 is 1.41. The highest BCUT2D eigenvalue weighted by Crippen LogP contribution is 2.28. The van der Waals surface area contributed by atoms with Crippen molar-refractivity contribution in [1.29, 1.82) is 0 Å². The summed E-state index contributed by atoms with van der Waals surface area (Å²) in [6, 6.07) is 13.3. The normalized spacial score (nSPS) is 11.2. The standard InChI is InChI=1S/C18H17N3O4S2/c1-21(27(2,24)25)15-9-5-12(6-10-15)16-11-26-18(20-16)19-14-7-3-13(4-8-14)17(22)23/h3-11H,1-2H3,(H,19,20)(H,22,23)/p-1. The molecule has 3 rings (SSSR count). The van der Waals surface area contributed by atoms with E-state index in [1.54, 1.807) is 24.3 Å². The van der Waals surface area contributed by atoms with E-state index in [1.807, 2.05) is 17.5 Å². The van der Waals surface area contributed by atoms with Crippen molar-refractivity contribution in [3.8, 4) is 11.3 Å². The van der Waals surface area contributed by atoms with Crippen molar-refractivity contribution in [3.05, 3.63) is 59.5 Å². The van der Waals surface area contributed by atoms with Crippen LogP contribution in [0.4, 0.5) is 16.5 Å². The van der Waals surface area contributed by atoms with Crippen LogP contribution in [0.5, 0.6) is 0 Å². The fourth-order valence-electron chi connectivity index (χ4n) is 2.31. The SMILES string of the molecule is CN(c1ccc(-c2csc(Nc3ccc(C(=O)[O-])cc3)n2)cc1)S(C)(=O)=O. The van der Waals surface area contributed by atoms with Gasteiger partial charge in [0, 0.05) is 23.7 Å². The van der Waals surface area contributed by atoms with Gasteiger partial charge < -0.3 is 15.2 Å². The first-order valence-corrected chi connectivity index (χ1v) is 10.5. The van der Waals surface area contributed by atoms with Crippen molar-refractivity contribution in [2.24, 2.45) is 0 Å². The lowest BCUT2D eigenvalue weighted by molar-refractivity contribution is -0.255. The number of rotatable bonds is 6. The Morgan fingerprint density at radius 1 is 1.11 bits per heavy atom. The Bertz CT molecular complexity index is 1060. The zero-order chi connectivity index (χ0) is 19.6. The Morgan fingerprint density at radius 3 is 2.30 bits per heavy atom. The number of carboxylic acid groups (broad SMARTS) is 1. The average molecular weight is 402 g/mol. The van der Waals surface area contributed by atoms with Gasteiger partial charge in [-0.05, 0) is 29.8 Å². The summed E-state index contributed by atoms with van der Waals surface area (Å²) in [6.45, 7) is 0. The lowest BCUT2D eigenvalue weighted by Gasteiger charge is -2.16. The minimum Gasteiger partial charge on any atom is -0.545 e. The van der Waals surface area contributed by atoms with Crippen LogP contribution in [0.25, 0.3) is 11.3 Å². The molecule has 140 valence electrons. The molecule has 7 nitrogen and oxygen atoms in total. The Morgan fingerprint density at radius 2 is 1.74 bits per heavy atom. The van der Waals surface area contributed by atoms with Crippen LogP contribution < -0.4 is 14.7 Å². The first kappa shape index (κ1) is 18.9. The van der Waals surface area contributed by atoms with Crippen LogP contribution in [0, 0.1) is 0 Å². The van der Waals surface area contributed by atoms with E-state index in [2.05, 4.69) is 10.3 Å². The molecule has 1 N–H and O–H groups in total. The van der Waals surface area contributed by atoms with Gasteiger partial charge in [-0.1, -0.05) is 24.3 Å². The summed E-state index contributed by atoms with van der Waals surface area (Å²) in [6.07, 6.45) is 1.15. The second-order valence-electron chi connectivity index (χ2n) is 5.81. The number of nitrogens with one attached hydrogen (secondary N) is 1. The molecule has 0 unspecified atom stereocenters. The third-order valence-corrected chi connectivity index (χ3v) is 5.86. The Balaban J connectivity index is 1.74. The van der Waals surface area contributed by atoms with Gasteiger partial charge in [-0.25, -0.2) is 13.4 Å². The average Bonchev–Trinajstić information content (AvgIpc) is 3.09. The number of thiazole rings is 1. The summed E-state index contributed by atoms with van der Waals surface area (Å²) in [7, 11) is -1.80. The van der Waals surface area contributed by atoms with E-state index < -0.39 is 16.0 Å². The molecule has 27 heavy (non-hydrogen) atoms. The second-order valence-corrected chi connectivity index (χ2v) is 8.68. The molecule has 0 radical (unpaired) electrons. The quantitative estimate of drug-likeness (QED) is 0.679. The van der Waals surface area contributed by atoms with Gasteiger partial charge in [-0.15, -0.1) is 11.3 Å². The molecule has 0 aliphatic carbocycles. The van der Waals surface area contributed by atoms with Crippen LogP contribution >= 0.6 is 11.3 Å². The van der Waals surface area contributed by atoms with E-state index >= 15 is 0 Å². The summed E-state index contributed by atoms with van der Waals surface area (Å²) in [5.41, 5.74) is 3.01. The van der Waals surface area contributed by atoms with Gasteiger partial charge in [-0.2, -0.15) is 0 Å². The molecule has 0 fully saturated rings. The molecule has 3 aromatic rings. The maximum atomic E-state index is 11.6. The first-order chi connectivity index (χ1) is 12.7. The van der Waals surface area contributed by atoms with E-state index in [0.29, 0.717) is 16.5 Å². The van der Waals surface area contributed by atoms with E-state index in [-0.39, 0.29) is 5.56 Å². The molecule has 0 saturated heterocycles. The summed E-state index contributed by atoms with van der Waals surface area (Å²) in [4.78, 5) is 15.3. The number of anilines is 3. The minimum atomic E-state index is -3.30. The molecular formula is C18H16N3O4S2-. The minimum absolute atomic E-state index is 0.111. The maximum absolute atomic E-state index is 11.6.